The number of rotatable bonds is 7. The first-order valence-electron chi connectivity index (χ1n) is 19.4. The zero-order valence-electron chi connectivity index (χ0n) is 33.7. The summed E-state index contributed by atoms with van der Waals surface area (Å²) in [6.45, 7) is 5.41. The molecule has 64 heavy (non-hydrogen) atoms. The van der Waals surface area contributed by atoms with E-state index in [1.807, 2.05) is 29.6 Å². The minimum absolute atomic E-state index is 0. The van der Waals surface area contributed by atoms with Crippen LogP contribution in [0.2, 0.25) is 15.7 Å². The summed E-state index contributed by atoms with van der Waals surface area (Å²) in [5, 5.41) is 7.25. The van der Waals surface area contributed by atoms with Crippen LogP contribution in [0.25, 0.3) is 0 Å². The first-order valence-corrected chi connectivity index (χ1v) is 20.6. The number of alkyl carbamates (subject to hydrolysis) is 1. The Hall–Kier alpha value is -5.15. The van der Waals surface area contributed by atoms with Crippen molar-refractivity contribution in [2.24, 2.45) is 70.5 Å². The highest BCUT2D eigenvalue weighted by atomic mass is 35.5. The summed E-state index contributed by atoms with van der Waals surface area (Å²) in [5.74, 6) is -5.82. The SMILES string of the molecule is C.CC(C)(C)OC(=O)N[C@H]1[C@@H](C(N)=O)[C@@H]2C=C[C@H]1C2.Fc1cnc(Cl)nc1Cl.NC(=O)[C@@H]1[C@H](NC(=O)C(F)(F)F)[C@H]2C=C[C@@H]1C2.NC(=O)[C@@H]1[C@H](Nc2nc(Cl)ncc2F)[C@H]2C=C[C@@H]1C2. The Bertz CT molecular complexity index is 2180. The number of primary amides is 3. The first-order chi connectivity index (χ1) is 29.3. The van der Waals surface area contributed by atoms with Gasteiger partial charge < -0.3 is 37.9 Å². The lowest BCUT2D eigenvalue weighted by Gasteiger charge is -2.28. The summed E-state index contributed by atoms with van der Waals surface area (Å²) < 4.78 is 67.4. The van der Waals surface area contributed by atoms with Gasteiger partial charge in [-0.3, -0.25) is 19.2 Å². The largest absolute Gasteiger partial charge is 0.471 e. The zero-order chi connectivity index (χ0) is 46.7. The van der Waals surface area contributed by atoms with E-state index in [0.717, 1.165) is 25.2 Å². The van der Waals surface area contributed by atoms with Gasteiger partial charge in [0, 0.05) is 12.1 Å². The molecule has 12 atom stereocenters. The standard InChI is InChI=1S/C13H20N2O3.C12H12ClFN4O.C10H11F3N2O2.C4HCl2FN2.CH4/c1-13(2,3)18-12(17)15-10-8-5-4-7(6-8)9(10)11(14)16;13-12-16-4-7(14)11(18-12)17-9-6-2-1-5(3-6)8(9)10(15)19;11-10(12,13)9(17)15-7-5-2-1-4(3-5)6(7)8(14)16;5-3-2(7)1-8-4(6)9-3;/h4-5,7-10H,6H2,1-3H3,(H2,14,16)(H,15,17);1-2,4-6,8-9H,3H2,(H2,15,19)(H,16,17,18);1-2,4-7H,3H2,(H2,14,16)(H,15,17);1H;1H4/t7-,8+,9+,10-;5-,6+,8+,9-;4-,5+,6+,7-;;/m111../s1. The summed E-state index contributed by atoms with van der Waals surface area (Å²) in [6, 6.07) is -1.31. The number of hydrogen-bond acceptors (Lipinski definition) is 11. The molecular formula is C40H48Cl3F5N10O6. The van der Waals surface area contributed by atoms with Gasteiger partial charge in [0.15, 0.2) is 22.6 Å². The summed E-state index contributed by atoms with van der Waals surface area (Å²) in [6.07, 6.45) is 10.4. The molecule has 0 aromatic carbocycles. The Kier molecular flexibility index (Phi) is 16.7. The van der Waals surface area contributed by atoms with Crippen molar-refractivity contribution in [3.8, 4) is 0 Å². The summed E-state index contributed by atoms with van der Waals surface area (Å²) >= 11 is 16.1. The number of carbonyl (C=O) groups excluding carboxylic acids is 5. The smallest absolute Gasteiger partial charge is 0.444 e. The summed E-state index contributed by atoms with van der Waals surface area (Å²) in [7, 11) is 0. The minimum atomic E-state index is -4.94. The molecule has 24 heteroatoms. The third-order valence-corrected chi connectivity index (χ3v) is 11.9. The highest BCUT2D eigenvalue weighted by Crippen LogP contribution is 2.46. The number of anilines is 1. The Labute approximate surface area is 379 Å². The van der Waals surface area contributed by atoms with Crippen molar-refractivity contribution in [3.63, 3.8) is 0 Å². The van der Waals surface area contributed by atoms with E-state index in [-0.39, 0.29) is 100 Å². The monoisotopic (exact) mass is 964 g/mol. The lowest BCUT2D eigenvalue weighted by atomic mass is 9.88. The van der Waals surface area contributed by atoms with Crippen molar-refractivity contribution < 1.29 is 50.7 Å². The molecule has 0 radical (unpaired) electrons. The molecule has 350 valence electrons. The molecule has 0 unspecified atom stereocenters. The van der Waals surface area contributed by atoms with Crippen molar-refractivity contribution in [2.45, 2.75) is 77.4 Å². The van der Waals surface area contributed by atoms with E-state index >= 15 is 0 Å². The molecule has 0 saturated heterocycles. The number of amides is 5. The predicted molar refractivity (Wildman–Crippen MR) is 225 cm³/mol. The van der Waals surface area contributed by atoms with Gasteiger partial charge in [-0.05, 0) is 98.7 Å². The molecule has 0 spiro atoms. The molecule has 3 fully saturated rings. The van der Waals surface area contributed by atoms with Gasteiger partial charge in [-0.2, -0.15) is 18.2 Å². The van der Waals surface area contributed by atoms with E-state index in [1.54, 1.807) is 32.9 Å². The second-order valence-electron chi connectivity index (χ2n) is 16.6. The summed E-state index contributed by atoms with van der Waals surface area (Å²) in [4.78, 5) is 70.8. The van der Waals surface area contributed by atoms with Crippen molar-refractivity contribution >= 4 is 70.3 Å². The van der Waals surface area contributed by atoms with Gasteiger partial charge in [-0.15, -0.1) is 0 Å². The number of nitrogens with two attached hydrogens (primary N) is 3. The van der Waals surface area contributed by atoms with Gasteiger partial charge in [0.1, 0.15) is 5.60 Å². The number of carbonyl (C=O) groups is 5. The van der Waals surface area contributed by atoms with E-state index in [2.05, 4.69) is 30.6 Å². The maximum Gasteiger partial charge on any atom is 0.471 e. The van der Waals surface area contributed by atoms with Crippen LogP contribution in [0.4, 0.5) is 32.6 Å². The molecule has 6 aliphatic rings. The number of fused-ring (bicyclic) bond motifs is 6. The van der Waals surface area contributed by atoms with Crippen LogP contribution in [0.5, 0.6) is 0 Å². The number of hydrogen-bond donors (Lipinski definition) is 6. The number of allylic oxidation sites excluding steroid dienone is 3. The topological polar surface area (TPSA) is 260 Å². The van der Waals surface area contributed by atoms with Crippen molar-refractivity contribution in [2.75, 3.05) is 5.32 Å². The molecule has 5 amide bonds. The van der Waals surface area contributed by atoms with Gasteiger partial charge in [-0.1, -0.05) is 55.5 Å². The average molecular weight is 966 g/mol. The highest BCUT2D eigenvalue weighted by molar-refractivity contribution is 6.31. The molecular weight excluding hydrogens is 918 g/mol. The molecule has 2 heterocycles. The van der Waals surface area contributed by atoms with E-state index < -0.39 is 53.3 Å². The number of nitrogens with one attached hydrogen (secondary N) is 3. The maximum atomic E-state index is 13.6. The van der Waals surface area contributed by atoms with Crippen LogP contribution in [0.3, 0.4) is 0 Å². The van der Waals surface area contributed by atoms with Crippen LogP contribution >= 0.6 is 34.8 Å². The first kappa shape index (κ1) is 51.5. The van der Waals surface area contributed by atoms with Crippen molar-refractivity contribution in [1.82, 2.24) is 30.6 Å². The fourth-order valence-electron chi connectivity index (χ4n) is 8.83. The molecule has 9 N–H and O–H groups in total. The quantitative estimate of drug-likeness (QED) is 0.0881. The van der Waals surface area contributed by atoms with Crippen LogP contribution in [0.15, 0.2) is 48.8 Å². The van der Waals surface area contributed by atoms with E-state index in [1.165, 1.54) is 0 Å². The molecule has 6 bridgehead atoms. The van der Waals surface area contributed by atoms with Crippen LogP contribution in [-0.4, -0.2) is 79.6 Å². The third-order valence-electron chi connectivity index (χ3n) is 11.3. The second-order valence-corrected chi connectivity index (χ2v) is 17.6. The van der Waals surface area contributed by atoms with Crippen molar-refractivity contribution in [3.05, 3.63) is 76.2 Å². The average Bonchev–Trinajstić information content (AvgIpc) is 4.04. The number of nitrogens with zero attached hydrogens (tertiary/aromatic N) is 4. The highest BCUT2D eigenvalue weighted by Gasteiger charge is 2.52. The van der Waals surface area contributed by atoms with Crippen LogP contribution in [-0.2, 0) is 23.9 Å². The molecule has 6 aliphatic carbocycles. The van der Waals surface area contributed by atoms with Gasteiger partial charge in [0.2, 0.25) is 28.3 Å². The molecule has 2 aromatic rings. The van der Waals surface area contributed by atoms with E-state index in [9.17, 15) is 45.9 Å². The number of halogens is 8. The predicted octanol–water partition coefficient (Wildman–Crippen LogP) is 5.44. The molecule has 0 aliphatic heterocycles. The second kappa shape index (κ2) is 20.8. The summed E-state index contributed by atoms with van der Waals surface area (Å²) in [5.41, 5.74) is 15.5. The van der Waals surface area contributed by atoms with Crippen LogP contribution in [0, 0.1) is 64.9 Å². The molecule has 3 saturated carbocycles. The van der Waals surface area contributed by atoms with Gasteiger partial charge >= 0.3 is 18.2 Å². The minimum Gasteiger partial charge on any atom is -0.444 e. The van der Waals surface area contributed by atoms with Crippen LogP contribution < -0.4 is 33.2 Å². The van der Waals surface area contributed by atoms with E-state index in [4.69, 9.17) is 56.7 Å². The third kappa shape index (κ3) is 12.6. The fraction of sp³-hybridized carbons (Fsp3) is 0.525. The van der Waals surface area contributed by atoms with E-state index in [0.29, 0.717) is 6.42 Å². The Morgan fingerprint density at radius 2 is 1.03 bits per heavy atom. The van der Waals surface area contributed by atoms with Gasteiger partial charge in [-0.25, -0.2) is 28.5 Å². The maximum absolute atomic E-state index is 13.6. The van der Waals surface area contributed by atoms with Crippen molar-refractivity contribution in [1.29, 1.82) is 0 Å². The Morgan fingerprint density at radius 3 is 1.44 bits per heavy atom. The Balaban J connectivity index is 0.000000191. The fourth-order valence-corrected chi connectivity index (χ4v) is 9.27. The van der Waals surface area contributed by atoms with Gasteiger partial charge in [0.05, 0.1) is 36.2 Å². The van der Waals surface area contributed by atoms with Crippen LogP contribution in [0.1, 0.15) is 47.5 Å². The molecule has 16 nitrogen and oxygen atoms in total. The lowest BCUT2D eigenvalue weighted by molar-refractivity contribution is -0.175. The Morgan fingerprint density at radius 1 is 0.641 bits per heavy atom. The number of alkyl halides is 3. The van der Waals surface area contributed by atoms with Gasteiger partial charge in [0.25, 0.3) is 0 Å². The molecule has 8 rings (SSSR count). The number of aromatic nitrogens is 4. The zero-order valence-corrected chi connectivity index (χ0v) is 35.9. The number of ether oxygens (including phenoxy) is 1. The lowest BCUT2D eigenvalue weighted by Crippen LogP contribution is -2.51. The normalized spacial score (nSPS) is 29.5. The molecule has 2 aromatic heterocycles.